The zero-order valence-electron chi connectivity index (χ0n) is 8.15. The molecule has 0 heterocycles. The quantitative estimate of drug-likeness (QED) is 0.604. The predicted octanol–water partition coefficient (Wildman–Crippen LogP) is 1.74. The Bertz CT molecular complexity index is 493. The van der Waals surface area contributed by atoms with Gasteiger partial charge in [-0.05, 0) is 24.6 Å². The lowest BCUT2D eigenvalue weighted by Crippen LogP contribution is -2.00. The van der Waals surface area contributed by atoms with Crippen molar-refractivity contribution in [3.05, 3.63) is 23.3 Å². The fourth-order valence-electron chi connectivity index (χ4n) is 1.25. The number of hydrogen-bond donors (Lipinski definition) is 0. The number of hydrogen-bond acceptors (Lipinski definition) is 4. The van der Waals surface area contributed by atoms with Crippen LogP contribution in [-0.4, -0.2) is 21.8 Å². The Hall–Kier alpha value is -1.07. The van der Waals surface area contributed by atoms with Gasteiger partial charge in [-0.2, -0.15) is 0 Å². The molecule has 0 N–H and O–H groups in total. The summed E-state index contributed by atoms with van der Waals surface area (Å²) in [4.78, 5) is 10.5. The zero-order chi connectivity index (χ0) is 11.6. The van der Waals surface area contributed by atoms with Gasteiger partial charge in [0.1, 0.15) is 10.6 Å². The van der Waals surface area contributed by atoms with Gasteiger partial charge >= 0.3 is 0 Å². The molecule has 0 radical (unpaired) electrons. The van der Waals surface area contributed by atoms with E-state index in [0.29, 0.717) is 11.8 Å². The highest BCUT2D eigenvalue weighted by Gasteiger charge is 2.20. The van der Waals surface area contributed by atoms with Gasteiger partial charge in [-0.1, -0.05) is 0 Å². The Labute approximate surface area is 92.2 Å². The number of halogens is 1. The van der Waals surface area contributed by atoms with Crippen molar-refractivity contribution in [2.24, 2.45) is 0 Å². The topological polar surface area (TPSA) is 60.4 Å². The summed E-state index contributed by atoms with van der Waals surface area (Å²) in [6.07, 6.45) is 0.525. The standard InChI is InChI=1S/C9H9ClO4S/c1-6-3-7(5-11)9(14-2)8(4-6)15(10,12)13/h3-5H,1-2H3. The van der Waals surface area contributed by atoms with E-state index in [-0.39, 0.29) is 16.2 Å². The van der Waals surface area contributed by atoms with E-state index in [1.807, 2.05) is 0 Å². The molecule has 0 spiro atoms. The minimum Gasteiger partial charge on any atom is -0.495 e. The third kappa shape index (κ3) is 2.49. The molecule has 0 unspecified atom stereocenters. The summed E-state index contributed by atoms with van der Waals surface area (Å²) in [5, 5.41) is 0. The van der Waals surface area contributed by atoms with Gasteiger partial charge in [0.2, 0.25) is 0 Å². The Kier molecular flexibility index (Phi) is 3.36. The molecule has 0 aliphatic heterocycles. The van der Waals surface area contributed by atoms with Gasteiger partial charge in [0.05, 0.1) is 12.7 Å². The van der Waals surface area contributed by atoms with Crippen LogP contribution in [0.2, 0.25) is 0 Å². The highest BCUT2D eigenvalue weighted by atomic mass is 35.7. The van der Waals surface area contributed by atoms with E-state index < -0.39 is 9.05 Å². The van der Waals surface area contributed by atoms with E-state index in [1.54, 1.807) is 6.92 Å². The molecule has 6 heteroatoms. The van der Waals surface area contributed by atoms with Crippen molar-refractivity contribution in [3.8, 4) is 5.75 Å². The summed E-state index contributed by atoms with van der Waals surface area (Å²) < 4.78 is 27.3. The number of methoxy groups -OCH3 is 1. The molecular weight excluding hydrogens is 240 g/mol. The minimum absolute atomic E-state index is 0.0226. The van der Waals surface area contributed by atoms with Gasteiger partial charge in [-0.3, -0.25) is 4.79 Å². The molecule has 0 fully saturated rings. The van der Waals surface area contributed by atoms with Crippen LogP contribution in [0.1, 0.15) is 15.9 Å². The van der Waals surface area contributed by atoms with Crippen molar-refractivity contribution >= 4 is 26.0 Å². The van der Waals surface area contributed by atoms with Crippen molar-refractivity contribution in [2.45, 2.75) is 11.8 Å². The van der Waals surface area contributed by atoms with Crippen molar-refractivity contribution in [2.75, 3.05) is 7.11 Å². The van der Waals surface area contributed by atoms with Gasteiger partial charge in [-0.15, -0.1) is 0 Å². The molecule has 82 valence electrons. The summed E-state index contributed by atoms with van der Waals surface area (Å²) in [5.41, 5.74) is 0.786. The maximum absolute atomic E-state index is 11.2. The monoisotopic (exact) mass is 248 g/mol. The minimum atomic E-state index is -3.91. The molecule has 4 nitrogen and oxygen atoms in total. The molecule has 15 heavy (non-hydrogen) atoms. The molecule has 0 aliphatic rings. The Morgan fingerprint density at radius 1 is 1.40 bits per heavy atom. The average molecular weight is 249 g/mol. The van der Waals surface area contributed by atoms with Crippen LogP contribution in [0.3, 0.4) is 0 Å². The van der Waals surface area contributed by atoms with E-state index in [9.17, 15) is 13.2 Å². The molecule has 0 saturated heterocycles. The lowest BCUT2D eigenvalue weighted by molar-refractivity contribution is 0.112. The van der Waals surface area contributed by atoms with Gasteiger partial charge in [0.25, 0.3) is 9.05 Å². The number of aryl methyl sites for hydroxylation is 1. The SMILES string of the molecule is COc1c(C=O)cc(C)cc1S(=O)(=O)Cl. The van der Waals surface area contributed by atoms with E-state index in [1.165, 1.54) is 19.2 Å². The predicted molar refractivity (Wildman–Crippen MR) is 56.2 cm³/mol. The van der Waals surface area contributed by atoms with E-state index >= 15 is 0 Å². The Balaban J connectivity index is 3.64. The summed E-state index contributed by atoms with van der Waals surface area (Å²) in [7, 11) is 2.59. The molecular formula is C9H9ClO4S. The fraction of sp³-hybridized carbons (Fsp3) is 0.222. The Morgan fingerprint density at radius 3 is 2.40 bits per heavy atom. The third-order valence-corrected chi connectivity index (χ3v) is 3.15. The summed E-state index contributed by atoms with van der Waals surface area (Å²) >= 11 is 0. The largest absolute Gasteiger partial charge is 0.495 e. The molecule has 1 aromatic carbocycles. The summed E-state index contributed by atoms with van der Waals surface area (Å²) in [6.45, 7) is 1.66. The highest BCUT2D eigenvalue weighted by Crippen LogP contribution is 2.30. The number of ether oxygens (including phenoxy) is 1. The zero-order valence-corrected chi connectivity index (χ0v) is 9.72. The van der Waals surface area contributed by atoms with Crippen LogP contribution in [0.5, 0.6) is 5.75 Å². The molecule has 1 rings (SSSR count). The first kappa shape index (κ1) is 12.0. The molecule has 0 atom stereocenters. The van der Waals surface area contributed by atoms with Crippen molar-refractivity contribution < 1.29 is 17.9 Å². The van der Waals surface area contributed by atoms with Crippen LogP contribution >= 0.6 is 10.7 Å². The van der Waals surface area contributed by atoms with Gasteiger partial charge in [0.15, 0.2) is 6.29 Å². The van der Waals surface area contributed by atoms with E-state index in [0.717, 1.165) is 0 Å². The molecule has 1 aromatic rings. The molecule has 0 amide bonds. The van der Waals surface area contributed by atoms with Crippen LogP contribution < -0.4 is 4.74 Å². The number of carbonyl (C=O) groups excluding carboxylic acids is 1. The first-order chi connectivity index (χ1) is 6.90. The molecule has 0 saturated carbocycles. The normalized spacial score (nSPS) is 11.1. The van der Waals surface area contributed by atoms with Gasteiger partial charge in [-0.25, -0.2) is 8.42 Å². The number of benzene rings is 1. The van der Waals surface area contributed by atoms with Crippen LogP contribution in [0.25, 0.3) is 0 Å². The molecule has 0 bridgehead atoms. The third-order valence-electron chi connectivity index (χ3n) is 1.82. The summed E-state index contributed by atoms with van der Waals surface area (Å²) in [6, 6.07) is 2.88. The Morgan fingerprint density at radius 2 is 2.00 bits per heavy atom. The maximum Gasteiger partial charge on any atom is 0.265 e. The number of aldehydes is 1. The number of carbonyl (C=O) groups is 1. The maximum atomic E-state index is 11.2. The summed E-state index contributed by atoms with van der Waals surface area (Å²) in [5.74, 6) is -0.0226. The van der Waals surface area contributed by atoms with Crippen LogP contribution in [0.15, 0.2) is 17.0 Å². The van der Waals surface area contributed by atoms with E-state index in [2.05, 4.69) is 0 Å². The van der Waals surface area contributed by atoms with Crippen molar-refractivity contribution in [1.82, 2.24) is 0 Å². The van der Waals surface area contributed by atoms with Gasteiger partial charge < -0.3 is 4.74 Å². The van der Waals surface area contributed by atoms with Crippen LogP contribution in [0.4, 0.5) is 0 Å². The fourth-order valence-corrected chi connectivity index (χ4v) is 2.35. The van der Waals surface area contributed by atoms with Crippen molar-refractivity contribution in [1.29, 1.82) is 0 Å². The smallest absolute Gasteiger partial charge is 0.265 e. The average Bonchev–Trinajstić information content (AvgIpc) is 2.15. The second kappa shape index (κ2) is 4.20. The van der Waals surface area contributed by atoms with Gasteiger partial charge in [0, 0.05) is 10.7 Å². The van der Waals surface area contributed by atoms with Crippen LogP contribution in [-0.2, 0) is 9.05 Å². The first-order valence-electron chi connectivity index (χ1n) is 3.98. The number of rotatable bonds is 3. The lowest BCUT2D eigenvalue weighted by atomic mass is 10.1. The highest BCUT2D eigenvalue weighted by molar-refractivity contribution is 8.13. The first-order valence-corrected chi connectivity index (χ1v) is 6.29. The second-order valence-corrected chi connectivity index (χ2v) is 5.48. The molecule has 0 aromatic heterocycles. The molecule has 0 aliphatic carbocycles. The van der Waals surface area contributed by atoms with Crippen LogP contribution in [0, 0.1) is 6.92 Å². The lowest BCUT2D eigenvalue weighted by Gasteiger charge is -2.09. The van der Waals surface area contributed by atoms with Crippen molar-refractivity contribution in [3.63, 3.8) is 0 Å². The second-order valence-electron chi connectivity index (χ2n) is 2.94. The van der Waals surface area contributed by atoms with E-state index in [4.69, 9.17) is 15.4 Å².